The van der Waals surface area contributed by atoms with Gasteiger partial charge in [-0.2, -0.15) is 0 Å². The molecule has 0 heterocycles. The van der Waals surface area contributed by atoms with E-state index in [4.69, 9.17) is 0 Å². The molecular weight excluding hydrogens is 384 g/mol. The Kier molecular flexibility index (Phi) is 4.22. The maximum atomic E-state index is 13.1. The number of anilines is 1. The minimum absolute atomic E-state index is 0.0205. The molecule has 2 aliphatic rings. The minimum atomic E-state index is -3.61. The second kappa shape index (κ2) is 6.68. The van der Waals surface area contributed by atoms with Crippen molar-refractivity contribution in [2.24, 2.45) is 0 Å². The van der Waals surface area contributed by atoms with Crippen LogP contribution in [0.15, 0.2) is 53.4 Å². The summed E-state index contributed by atoms with van der Waals surface area (Å²) in [6, 6.07) is 14.9. The van der Waals surface area contributed by atoms with Crippen LogP contribution >= 0.6 is 0 Å². The van der Waals surface area contributed by atoms with E-state index in [2.05, 4.69) is 22.2 Å². The Morgan fingerprint density at radius 2 is 1.76 bits per heavy atom. The molecule has 0 bridgehead atoms. The summed E-state index contributed by atoms with van der Waals surface area (Å²) >= 11 is 0. The van der Waals surface area contributed by atoms with Crippen LogP contribution in [-0.4, -0.2) is 20.4 Å². The van der Waals surface area contributed by atoms with Crippen molar-refractivity contribution in [3.63, 3.8) is 0 Å². The van der Waals surface area contributed by atoms with Gasteiger partial charge in [0.05, 0.1) is 4.90 Å². The molecule has 1 fully saturated rings. The van der Waals surface area contributed by atoms with E-state index in [0.29, 0.717) is 5.56 Å². The molecule has 0 unspecified atom stereocenters. The first-order valence-electron chi connectivity index (χ1n) is 9.90. The third-order valence-electron chi connectivity index (χ3n) is 5.79. The SMILES string of the molecule is Cc1ccc(S(=O)(=O)NC2CC2)cc1C(=O)Nc1ccc2c3c(cccc13)CC2. The molecule has 5 nitrogen and oxygen atoms in total. The van der Waals surface area contributed by atoms with Gasteiger partial charge >= 0.3 is 0 Å². The normalized spacial score (nSPS) is 15.6. The number of sulfonamides is 1. The number of benzene rings is 3. The topological polar surface area (TPSA) is 75.3 Å². The largest absolute Gasteiger partial charge is 0.321 e. The standard InChI is InChI=1S/C23H22N2O3S/c1-14-5-11-18(29(27,28)25-17-9-10-17)13-20(14)23(26)24-21-12-8-16-7-6-15-3-2-4-19(21)22(15)16/h2-5,8,11-13,17,25H,6-7,9-10H2,1H3,(H,24,26). The Balaban J connectivity index is 1.49. The summed E-state index contributed by atoms with van der Waals surface area (Å²) in [5.74, 6) is -0.301. The van der Waals surface area contributed by atoms with E-state index < -0.39 is 10.0 Å². The van der Waals surface area contributed by atoms with E-state index in [1.54, 1.807) is 12.1 Å². The number of hydrogen-bond donors (Lipinski definition) is 2. The number of carbonyl (C=O) groups is 1. The molecule has 5 rings (SSSR count). The van der Waals surface area contributed by atoms with E-state index in [-0.39, 0.29) is 16.8 Å². The van der Waals surface area contributed by atoms with Crippen molar-refractivity contribution in [3.8, 4) is 0 Å². The average molecular weight is 407 g/mol. The third kappa shape index (κ3) is 3.32. The minimum Gasteiger partial charge on any atom is -0.321 e. The van der Waals surface area contributed by atoms with Gasteiger partial charge in [0.2, 0.25) is 10.0 Å². The van der Waals surface area contributed by atoms with Crippen molar-refractivity contribution in [2.75, 3.05) is 5.32 Å². The molecule has 0 saturated heterocycles. The van der Waals surface area contributed by atoms with Gasteiger partial charge in [0, 0.05) is 22.7 Å². The lowest BCUT2D eigenvalue weighted by Crippen LogP contribution is -2.26. The van der Waals surface area contributed by atoms with Crippen LogP contribution in [0.1, 0.15) is 39.9 Å². The van der Waals surface area contributed by atoms with E-state index >= 15 is 0 Å². The second-order valence-corrected chi connectivity index (χ2v) is 9.65. The Morgan fingerprint density at radius 3 is 2.52 bits per heavy atom. The smallest absolute Gasteiger partial charge is 0.255 e. The lowest BCUT2D eigenvalue weighted by Gasteiger charge is -2.13. The summed E-state index contributed by atoms with van der Waals surface area (Å²) < 4.78 is 27.7. The van der Waals surface area contributed by atoms with Crippen LogP contribution in [0.2, 0.25) is 0 Å². The van der Waals surface area contributed by atoms with Crippen LogP contribution in [0.25, 0.3) is 10.8 Å². The third-order valence-corrected chi connectivity index (χ3v) is 7.31. The Bertz CT molecular complexity index is 1250. The molecule has 3 aromatic rings. The first kappa shape index (κ1) is 18.3. The molecule has 29 heavy (non-hydrogen) atoms. The first-order chi connectivity index (χ1) is 13.9. The number of rotatable bonds is 5. The quantitative estimate of drug-likeness (QED) is 0.674. The van der Waals surface area contributed by atoms with Crippen LogP contribution in [0.5, 0.6) is 0 Å². The van der Waals surface area contributed by atoms with Crippen molar-refractivity contribution >= 4 is 32.4 Å². The summed E-state index contributed by atoms with van der Waals surface area (Å²) in [5, 5.41) is 5.26. The second-order valence-electron chi connectivity index (χ2n) is 7.94. The van der Waals surface area contributed by atoms with Gasteiger partial charge in [0.1, 0.15) is 0 Å². The molecule has 1 saturated carbocycles. The fourth-order valence-corrected chi connectivity index (χ4v) is 5.38. The van der Waals surface area contributed by atoms with E-state index in [1.807, 2.05) is 25.1 Å². The highest BCUT2D eigenvalue weighted by atomic mass is 32.2. The molecule has 0 radical (unpaired) electrons. The number of amides is 1. The molecule has 0 aliphatic heterocycles. The van der Waals surface area contributed by atoms with E-state index in [1.165, 1.54) is 22.6 Å². The predicted molar refractivity (Wildman–Crippen MR) is 114 cm³/mol. The maximum absolute atomic E-state index is 13.1. The lowest BCUT2D eigenvalue weighted by atomic mass is 10.0. The van der Waals surface area contributed by atoms with Crippen LogP contribution in [0, 0.1) is 6.92 Å². The summed E-state index contributed by atoms with van der Waals surface area (Å²) in [5.41, 5.74) is 4.47. The Labute approximate surface area is 170 Å². The molecule has 148 valence electrons. The van der Waals surface area contributed by atoms with Crippen molar-refractivity contribution in [3.05, 3.63) is 70.8 Å². The van der Waals surface area contributed by atoms with Gasteiger partial charge < -0.3 is 5.32 Å². The van der Waals surface area contributed by atoms with Crippen molar-refractivity contribution < 1.29 is 13.2 Å². The van der Waals surface area contributed by atoms with Gasteiger partial charge in [0.25, 0.3) is 5.91 Å². The van der Waals surface area contributed by atoms with Gasteiger partial charge in [-0.1, -0.05) is 30.3 Å². The highest BCUT2D eigenvalue weighted by Gasteiger charge is 2.28. The van der Waals surface area contributed by atoms with Crippen molar-refractivity contribution in [1.82, 2.24) is 4.72 Å². The lowest BCUT2D eigenvalue weighted by molar-refractivity contribution is 0.102. The van der Waals surface area contributed by atoms with Crippen LogP contribution in [0.4, 0.5) is 5.69 Å². The highest BCUT2D eigenvalue weighted by molar-refractivity contribution is 7.89. The van der Waals surface area contributed by atoms with Gasteiger partial charge in [-0.15, -0.1) is 0 Å². The summed E-state index contributed by atoms with van der Waals surface area (Å²) in [7, 11) is -3.61. The summed E-state index contributed by atoms with van der Waals surface area (Å²) in [6.07, 6.45) is 3.78. The van der Waals surface area contributed by atoms with Gasteiger partial charge in [-0.3, -0.25) is 4.79 Å². The number of aryl methyl sites for hydroxylation is 3. The maximum Gasteiger partial charge on any atom is 0.255 e. The molecule has 2 N–H and O–H groups in total. The number of hydrogen-bond acceptors (Lipinski definition) is 3. The molecule has 2 aliphatic carbocycles. The van der Waals surface area contributed by atoms with E-state index in [9.17, 15) is 13.2 Å². The van der Waals surface area contributed by atoms with E-state index in [0.717, 1.165) is 42.3 Å². The van der Waals surface area contributed by atoms with Gasteiger partial charge in [0.15, 0.2) is 0 Å². The summed E-state index contributed by atoms with van der Waals surface area (Å²) in [6.45, 7) is 1.81. The molecule has 1 amide bonds. The zero-order valence-corrected chi connectivity index (χ0v) is 17.0. The fraction of sp³-hybridized carbons (Fsp3) is 0.261. The average Bonchev–Trinajstić information content (AvgIpc) is 3.40. The molecule has 0 spiro atoms. The van der Waals surface area contributed by atoms with Crippen LogP contribution in [-0.2, 0) is 22.9 Å². The monoisotopic (exact) mass is 406 g/mol. The molecule has 0 aromatic heterocycles. The molecule has 0 atom stereocenters. The fourth-order valence-electron chi connectivity index (χ4n) is 4.05. The molecule has 3 aromatic carbocycles. The van der Waals surface area contributed by atoms with Crippen LogP contribution in [0.3, 0.4) is 0 Å². The number of nitrogens with one attached hydrogen (secondary N) is 2. The first-order valence-corrected chi connectivity index (χ1v) is 11.4. The van der Waals surface area contributed by atoms with Gasteiger partial charge in [-0.05, 0) is 72.9 Å². The predicted octanol–water partition coefficient (Wildman–Crippen LogP) is 3.94. The zero-order chi connectivity index (χ0) is 20.2. The highest BCUT2D eigenvalue weighted by Crippen LogP contribution is 2.35. The summed E-state index contributed by atoms with van der Waals surface area (Å²) in [4.78, 5) is 13.2. The van der Waals surface area contributed by atoms with Crippen LogP contribution < -0.4 is 10.0 Å². The van der Waals surface area contributed by atoms with Gasteiger partial charge in [-0.25, -0.2) is 13.1 Å². The number of carbonyl (C=O) groups excluding carboxylic acids is 1. The van der Waals surface area contributed by atoms with Crippen molar-refractivity contribution in [1.29, 1.82) is 0 Å². The van der Waals surface area contributed by atoms with Crippen molar-refractivity contribution in [2.45, 2.75) is 43.5 Å². The molecule has 6 heteroatoms. The molecular formula is C23H22N2O3S. The zero-order valence-electron chi connectivity index (χ0n) is 16.2. The Morgan fingerprint density at radius 1 is 1.00 bits per heavy atom. The Hall–Kier alpha value is -2.70.